The van der Waals surface area contributed by atoms with Crippen molar-refractivity contribution in [2.24, 2.45) is 7.05 Å². The largest absolute Gasteiger partial charge is 0.461 e. The fourth-order valence-corrected chi connectivity index (χ4v) is 3.47. The SMILES string of the molecule is CCOC(=O)c1cc(-c2cccc(NC(=O)c3cc(C)nn3C)c2)n(-c2ccccc2F)n1. The Morgan fingerprint density at radius 3 is 2.55 bits per heavy atom. The number of anilines is 1. The molecule has 0 saturated carbocycles. The molecule has 2 aromatic heterocycles. The Morgan fingerprint density at radius 1 is 1.06 bits per heavy atom. The van der Waals surface area contributed by atoms with E-state index in [1.165, 1.54) is 21.5 Å². The van der Waals surface area contributed by atoms with Crippen LogP contribution in [0.1, 0.15) is 33.6 Å². The number of hydrogen-bond donors (Lipinski definition) is 1. The average molecular weight is 447 g/mol. The van der Waals surface area contributed by atoms with Crippen molar-refractivity contribution in [3.63, 3.8) is 0 Å². The Hall–Kier alpha value is -4.27. The minimum absolute atomic E-state index is 0.0508. The number of hydrogen-bond acceptors (Lipinski definition) is 5. The van der Waals surface area contributed by atoms with Crippen LogP contribution in [0.15, 0.2) is 60.7 Å². The average Bonchev–Trinajstić information content (AvgIpc) is 3.37. The number of amides is 1. The molecule has 0 fully saturated rings. The third kappa shape index (κ3) is 4.52. The summed E-state index contributed by atoms with van der Waals surface area (Å²) in [5.74, 6) is -1.41. The summed E-state index contributed by atoms with van der Waals surface area (Å²) in [7, 11) is 1.70. The minimum atomic E-state index is -0.607. The van der Waals surface area contributed by atoms with E-state index >= 15 is 0 Å². The number of aromatic nitrogens is 4. The number of carbonyl (C=O) groups excluding carboxylic acids is 2. The summed E-state index contributed by atoms with van der Waals surface area (Å²) < 4.78 is 22.5. The first-order valence-corrected chi connectivity index (χ1v) is 10.3. The van der Waals surface area contributed by atoms with Crippen LogP contribution in [0.3, 0.4) is 0 Å². The van der Waals surface area contributed by atoms with Crippen LogP contribution in [0, 0.1) is 12.7 Å². The van der Waals surface area contributed by atoms with Crippen LogP contribution < -0.4 is 5.32 Å². The van der Waals surface area contributed by atoms with Crippen molar-refractivity contribution in [3.05, 3.63) is 83.6 Å². The molecule has 168 valence electrons. The molecule has 0 spiro atoms. The molecule has 0 aliphatic carbocycles. The zero-order valence-corrected chi connectivity index (χ0v) is 18.4. The molecule has 4 rings (SSSR count). The van der Waals surface area contributed by atoms with Gasteiger partial charge in [0.2, 0.25) is 0 Å². The molecule has 1 N–H and O–H groups in total. The molecular weight excluding hydrogens is 425 g/mol. The van der Waals surface area contributed by atoms with Crippen molar-refractivity contribution in [1.82, 2.24) is 19.6 Å². The summed E-state index contributed by atoms with van der Waals surface area (Å²) in [5.41, 5.74) is 3.00. The second kappa shape index (κ2) is 9.07. The van der Waals surface area contributed by atoms with Crippen LogP contribution in [-0.2, 0) is 11.8 Å². The van der Waals surface area contributed by atoms with Gasteiger partial charge in [0.25, 0.3) is 5.91 Å². The fraction of sp³-hybridized carbons (Fsp3) is 0.167. The number of aryl methyl sites for hydroxylation is 2. The fourth-order valence-electron chi connectivity index (χ4n) is 3.47. The van der Waals surface area contributed by atoms with Crippen LogP contribution in [0.5, 0.6) is 0 Å². The Balaban J connectivity index is 1.74. The number of nitrogens with zero attached hydrogens (tertiary/aromatic N) is 4. The zero-order valence-electron chi connectivity index (χ0n) is 18.4. The number of carbonyl (C=O) groups is 2. The topological polar surface area (TPSA) is 91.0 Å². The Bertz CT molecular complexity index is 1340. The Kier molecular flexibility index (Phi) is 6.03. The second-order valence-electron chi connectivity index (χ2n) is 7.33. The van der Waals surface area contributed by atoms with Gasteiger partial charge in [0.05, 0.1) is 18.0 Å². The van der Waals surface area contributed by atoms with E-state index in [2.05, 4.69) is 15.5 Å². The lowest BCUT2D eigenvalue weighted by Crippen LogP contribution is -2.16. The summed E-state index contributed by atoms with van der Waals surface area (Å²) in [6.45, 7) is 3.70. The highest BCUT2D eigenvalue weighted by molar-refractivity contribution is 6.03. The maximum atomic E-state index is 14.6. The van der Waals surface area contributed by atoms with Gasteiger partial charge in [-0.15, -0.1) is 0 Å². The summed E-state index contributed by atoms with van der Waals surface area (Å²) >= 11 is 0. The van der Waals surface area contributed by atoms with E-state index in [0.29, 0.717) is 22.6 Å². The van der Waals surface area contributed by atoms with Crippen molar-refractivity contribution in [3.8, 4) is 16.9 Å². The molecule has 33 heavy (non-hydrogen) atoms. The highest BCUT2D eigenvalue weighted by atomic mass is 19.1. The van der Waals surface area contributed by atoms with Gasteiger partial charge in [-0.2, -0.15) is 10.2 Å². The highest BCUT2D eigenvalue weighted by Gasteiger charge is 2.20. The summed E-state index contributed by atoms with van der Waals surface area (Å²) in [6, 6.07) is 16.4. The smallest absolute Gasteiger partial charge is 0.358 e. The number of halogens is 1. The van der Waals surface area contributed by atoms with Crippen molar-refractivity contribution in [2.75, 3.05) is 11.9 Å². The Labute approximate surface area is 189 Å². The normalized spacial score (nSPS) is 10.8. The predicted molar refractivity (Wildman–Crippen MR) is 121 cm³/mol. The zero-order chi connectivity index (χ0) is 23.5. The molecule has 4 aromatic rings. The van der Waals surface area contributed by atoms with E-state index in [-0.39, 0.29) is 23.9 Å². The number of para-hydroxylation sites is 1. The summed E-state index contributed by atoms with van der Waals surface area (Å²) in [6.07, 6.45) is 0. The molecule has 0 saturated heterocycles. The molecule has 0 unspecified atom stereocenters. The number of benzene rings is 2. The van der Waals surface area contributed by atoms with Gasteiger partial charge in [-0.05, 0) is 50.2 Å². The number of ether oxygens (including phenoxy) is 1. The molecule has 0 aliphatic heterocycles. The minimum Gasteiger partial charge on any atom is -0.461 e. The van der Waals surface area contributed by atoms with E-state index in [9.17, 15) is 14.0 Å². The third-order valence-corrected chi connectivity index (χ3v) is 4.93. The maximum absolute atomic E-state index is 14.6. The highest BCUT2D eigenvalue weighted by Crippen LogP contribution is 2.28. The molecule has 0 bridgehead atoms. The van der Waals surface area contributed by atoms with E-state index in [4.69, 9.17) is 4.74 Å². The number of nitrogens with one attached hydrogen (secondary N) is 1. The van der Waals surface area contributed by atoms with E-state index in [0.717, 1.165) is 5.69 Å². The standard InChI is InChI=1S/C24H22FN5O3/c1-4-33-24(32)19-14-21(30(28-19)20-11-6-5-10-18(20)25)16-8-7-9-17(13-16)26-23(31)22-12-15(2)27-29(22)3/h5-14H,4H2,1-3H3,(H,26,31). The molecule has 1 amide bonds. The molecular formula is C24H22FN5O3. The predicted octanol–water partition coefficient (Wildman–Crippen LogP) is 4.15. The van der Waals surface area contributed by atoms with Gasteiger partial charge in [0, 0.05) is 18.3 Å². The molecule has 8 nitrogen and oxygen atoms in total. The lowest BCUT2D eigenvalue weighted by Gasteiger charge is -2.10. The van der Waals surface area contributed by atoms with Crippen molar-refractivity contribution >= 4 is 17.6 Å². The van der Waals surface area contributed by atoms with Crippen LogP contribution in [0.4, 0.5) is 10.1 Å². The Morgan fingerprint density at radius 2 is 1.85 bits per heavy atom. The van der Waals surface area contributed by atoms with Crippen LogP contribution >= 0.6 is 0 Å². The quantitative estimate of drug-likeness (QED) is 0.449. The maximum Gasteiger partial charge on any atom is 0.358 e. The first-order chi connectivity index (χ1) is 15.9. The molecule has 0 atom stereocenters. The first-order valence-electron chi connectivity index (χ1n) is 10.3. The van der Waals surface area contributed by atoms with Gasteiger partial charge in [-0.3, -0.25) is 9.48 Å². The molecule has 9 heteroatoms. The number of rotatable bonds is 6. The van der Waals surface area contributed by atoms with E-state index in [1.54, 1.807) is 62.5 Å². The second-order valence-corrected chi connectivity index (χ2v) is 7.33. The van der Waals surface area contributed by atoms with Gasteiger partial charge in [0.1, 0.15) is 17.2 Å². The van der Waals surface area contributed by atoms with Gasteiger partial charge in [-0.1, -0.05) is 24.3 Å². The number of esters is 1. The summed E-state index contributed by atoms with van der Waals surface area (Å²) in [4.78, 5) is 25.0. The monoisotopic (exact) mass is 447 g/mol. The summed E-state index contributed by atoms with van der Waals surface area (Å²) in [5, 5.41) is 11.3. The van der Waals surface area contributed by atoms with Crippen LogP contribution in [-0.4, -0.2) is 38.0 Å². The van der Waals surface area contributed by atoms with Gasteiger partial charge in [-0.25, -0.2) is 13.9 Å². The van der Waals surface area contributed by atoms with Gasteiger partial charge in [0.15, 0.2) is 5.69 Å². The molecule has 0 radical (unpaired) electrons. The van der Waals surface area contributed by atoms with Crippen molar-refractivity contribution in [1.29, 1.82) is 0 Å². The van der Waals surface area contributed by atoms with E-state index in [1.807, 2.05) is 6.92 Å². The van der Waals surface area contributed by atoms with Crippen molar-refractivity contribution < 1.29 is 18.7 Å². The first kappa shape index (κ1) is 21.9. The van der Waals surface area contributed by atoms with Crippen LogP contribution in [0.2, 0.25) is 0 Å². The van der Waals surface area contributed by atoms with Crippen LogP contribution in [0.25, 0.3) is 16.9 Å². The third-order valence-electron chi connectivity index (χ3n) is 4.93. The van der Waals surface area contributed by atoms with E-state index < -0.39 is 11.8 Å². The molecule has 0 aliphatic rings. The molecule has 2 heterocycles. The lowest BCUT2D eigenvalue weighted by molar-refractivity contribution is 0.0518. The molecule has 2 aromatic carbocycles. The van der Waals surface area contributed by atoms with Gasteiger partial charge < -0.3 is 10.1 Å². The lowest BCUT2D eigenvalue weighted by atomic mass is 10.1. The van der Waals surface area contributed by atoms with Gasteiger partial charge >= 0.3 is 5.97 Å². The van der Waals surface area contributed by atoms with Crippen molar-refractivity contribution in [2.45, 2.75) is 13.8 Å².